The zero-order chi connectivity index (χ0) is 15.2. The van der Waals surface area contributed by atoms with Crippen molar-refractivity contribution in [3.8, 4) is 0 Å². The highest BCUT2D eigenvalue weighted by Gasteiger charge is 2.08. The molecule has 5 nitrogen and oxygen atoms in total. The van der Waals surface area contributed by atoms with Crippen LogP contribution < -0.4 is 5.32 Å². The lowest BCUT2D eigenvalue weighted by Crippen LogP contribution is -2.24. The van der Waals surface area contributed by atoms with Crippen LogP contribution >= 0.6 is 0 Å². The van der Waals surface area contributed by atoms with Crippen LogP contribution in [0.25, 0.3) is 0 Å². The van der Waals surface area contributed by atoms with Crippen molar-refractivity contribution in [2.24, 2.45) is 0 Å². The van der Waals surface area contributed by atoms with Crippen LogP contribution in [0.2, 0.25) is 0 Å². The molecule has 1 aromatic carbocycles. The molecule has 0 saturated carbocycles. The van der Waals surface area contributed by atoms with Gasteiger partial charge in [-0.1, -0.05) is 19.1 Å². The summed E-state index contributed by atoms with van der Waals surface area (Å²) >= 11 is 0. The highest BCUT2D eigenvalue weighted by atomic mass is 32.2. The first-order valence-electron chi connectivity index (χ1n) is 6.45. The van der Waals surface area contributed by atoms with Crippen molar-refractivity contribution in [3.63, 3.8) is 0 Å². The molecule has 1 rings (SSSR count). The Labute approximate surface area is 121 Å². The third-order valence-corrected chi connectivity index (χ3v) is 5.77. The minimum Gasteiger partial charge on any atom is -0.312 e. The smallest absolute Gasteiger partial charge is 0.175 e. The summed E-state index contributed by atoms with van der Waals surface area (Å²) in [6.07, 6.45) is 1.80. The van der Waals surface area contributed by atoms with Crippen LogP contribution in [0.4, 0.5) is 0 Å². The van der Waals surface area contributed by atoms with Crippen molar-refractivity contribution >= 4 is 19.7 Å². The molecule has 20 heavy (non-hydrogen) atoms. The van der Waals surface area contributed by atoms with E-state index in [-0.39, 0.29) is 16.4 Å². The van der Waals surface area contributed by atoms with Crippen molar-refractivity contribution in [1.29, 1.82) is 0 Å². The summed E-state index contributed by atoms with van der Waals surface area (Å²) in [7, 11) is -6.12. The van der Waals surface area contributed by atoms with Gasteiger partial charge >= 0.3 is 0 Å². The van der Waals surface area contributed by atoms with E-state index < -0.39 is 19.7 Å². The summed E-state index contributed by atoms with van der Waals surface area (Å²) in [6.45, 7) is 2.76. The number of sulfone groups is 2. The Kier molecular flexibility index (Phi) is 6.16. The lowest BCUT2D eigenvalue weighted by atomic mass is 10.2. The molecule has 0 unspecified atom stereocenters. The van der Waals surface area contributed by atoms with E-state index in [0.29, 0.717) is 19.5 Å². The van der Waals surface area contributed by atoms with E-state index in [4.69, 9.17) is 0 Å². The molecule has 0 aromatic heterocycles. The summed E-state index contributed by atoms with van der Waals surface area (Å²) in [6, 6.07) is 6.56. The molecule has 0 aliphatic heterocycles. The third kappa shape index (κ3) is 6.02. The normalized spacial score (nSPS) is 12.5. The van der Waals surface area contributed by atoms with Gasteiger partial charge in [-0.05, 0) is 24.1 Å². The van der Waals surface area contributed by atoms with E-state index in [1.807, 2.05) is 6.92 Å². The van der Waals surface area contributed by atoms with Crippen molar-refractivity contribution in [3.05, 3.63) is 29.8 Å². The van der Waals surface area contributed by atoms with Crippen molar-refractivity contribution in [1.82, 2.24) is 5.32 Å². The maximum atomic E-state index is 11.5. The lowest BCUT2D eigenvalue weighted by molar-refractivity contribution is 0.589. The van der Waals surface area contributed by atoms with Gasteiger partial charge in [0.1, 0.15) is 0 Å². The molecule has 7 heteroatoms. The number of nitrogens with one attached hydrogen (secondary N) is 1. The molecule has 0 heterocycles. The van der Waals surface area contributed by atoms with E-state index in [1.54, 1.807) is 24.3 Å². The monoisotopic (exact) mass is 319 g/mol. The van der Waals surface area contributed by atoms with E-state index in [0.717, 1.165) is 5.56 Å². The van der Waals surface area contributed by atoms with Crippen LogP contribution in [0, 0.1) is 0 Å². The summed E-state index contributed by atoms with van der Waals surface area (Å²) in [5.41, 5.74) is 0.922. The van der Waals surface area contributed by atoms with E-state index >= 15 is 0 Å². The van der Waals surface area contributed by atoms with Gasteiger partial charge in [-0.2, -0.15) is 0 Å². The van der Waals surface area contributed by atoms with Gasteiger partial charge in [-0.15, -0.1) is 0 Å². The maximum Gasteiger partial charge on any atom is 0.175 e. The Hall–Kier alpha value is -0.920. The van der Waals surface area contributed by atoms with E-state index in [1.165, 1.54) is 6.26 Å². The third-order valence-electron chi connectivity index (χ3n) is 2.79. The van der Waals surface area contributed by atoms with Gasteiger partial charge in [0.25, 0.3) is 0 Å². The number of hydrogen-bond donors (Lipinski definition) is 1. The molecule has 114 valence electrons. The second-order valence-corrected chi connectivity index (χ2v) is 9.06. The second-order valence-electron chi connectivity index (χ2n) is 4.74. The molecular weight excluding hydrogens is 298 g/mol. The van der Waals surface area contributed by atoms with Gasteiger partial charge in [0.15, 0.2) is 19.7 Å². The van der Waals surface area contributed by atoms with Crippen LogP contribution in [0.1, 0.15) is 18.9 Å². The first kappa shape index (κ1) is 17.1. The van der Waals surface area contributed by atoms with Gasteiger partial charge in [-0.25, -0.2) is 16.8 Å². The molecular formula is C13H21NO4S2. The highest BCUT2D eigenvalue weighted by Crippen LogP contribution is 2.10. The average Bonchev–Trinajstić information content (AvgIpc) is 2.34. The topological polar surface area (TPSA) is 80.3 Å². The zero-order valence-electron chi connectivity index (χ0n) is 11.8. The van der Waals surface area contributed by atoms with Crippen LogP contribution in [-0.4, -0.2) is 41.1 Å². The van der Waals surface area contributed by atoms with Crippen LogP contribution in [0.5, 0.6) is 0 Å². The predicted octanol–water partition coefficient (Wildman–Crippen LogP) is 1.00. The minimum atomic E-state index is -3.17. The predicted molar refractivity (Wildman–Crippen MR) is 80.2 cm³/mol. The summed E-state index contributed by atoms with van der Waals surface area (Å²) in [5, 5.41) is 3.05. The highest BCUT2D eigenvalue weighted by molar-refractivity contribution is 7.91. The molecule has 0 amide bonds. The van der Waals surface area contributed by atoms with Crippen molar-refractivity contribution < 1.29 is 16.8 Å². The number of benzene rings is 1. The molecule has 0 aliphatic carbocycles. The van der Waals surface area contributed by atoms with Crippen molar-refractivity contribution in [2.45, 2.75) is 24.8 Å². The van der Waals surface area contributed by atoms with Gasteiger partial charge in [0, 0.05) is 25.1 Å². The minimum absolute atomic E-state index is 0.127. The molecule has 0 saturated heterocycles. The SMILES string of the molecule is CCCS(=O)(=O)CCNCc1ccc(S(C)(=O)=O)cc1. The van der Waals surface area contributed by atoms with Gasteiger partial charge in [-0.3, -0.25) is 0 Å². The molecule has 1 N–H and O–H groups in total. The second kappa shape index (κ2) is 7.19. The Morgan fingerprint density at radius 2 is 1.60 bits per heavy atom. The van der Waals surface area contributed by atoms with Crippen LogP contribution in [-0.2, 0) is 26.2 Å². The molecule has 0 radical (unpaired) electrons. The molecule has 0 bridgehead atoms. The summed E-state index contributed by atoms with van der Waals surface area (Å²) < 4.78 is 45.6. The zero-order valence-corrected chi connectivity index (χ0v) is 13.4. The summed E-state index contributed by atoms with van der Waals surface area (Å²) in [5.74, 6) is 0.347. The summed E-state index contributed by atoms with van der Waals surface area (Å²) in [4.78, 5) is 0.284. The molecule has 1 aromatic rings. The molecule has 0 aliphatic rings. The number of hydrogen-bond acceptors (Lipinski definition) is 5. The number of rotatable bonds is 8. The Morgan fingerprint density at radius 1 is 1.00 bits per heavy atom. The van der Waals surface area contributed by atoms with E-state index in [9.17, 15) is 16.8 Å². The molecule has 0 spiro atoms. The Bertz CT molecular complexity index is 619. The molecule has 0 atom stereocenters. The maximum absolute atomic E-state index is 11.5. The van der Waals surface area contributed by atoms with Crippen LogP contribution in [0.3, 0.4) is 0 Å². The fraction of sp³-hybridized carbons (Fsp3) is 0.538. The Morgan fingerprint density at radius 3 is 2.10 bits per heavy atom. The largest absolute Gasteiger partial charge is 0.312 e. The first-order chi connectivity index (χ1) is 9.24. The molecule has 0 fully saturated rings. The Balaban J connectivity index is 2.44. The lowest BCUT2D eigenvalue weighted by Gasteiger charge is -2.06. The first-order valence-corrected chi connectivity index (χ1v) is 10.2. The fourth-order valence-electron chi connectivity index (χ4n) is 1.73. The van der Waals surface area contributed by atoms with Crippen LogP contribution in [0.15, 0.2) is 29.2 Å². The van der Waals surface area contributed by atoms with Gasteiger partial charge in [0.2, 0.25) is 0 Å². The quantitative estimate of drug-likeness (QED) is 0.723. The van der Waals surface area contributed by atoms with Gasteiger partial charge < -0.3 is 5.32 Å². The standard InChI is InChI=1S/C13H21NO4S2/c1-3-9-20(17,18)10-8-14-11-12-4-6-13(7-5-12)19(2,15)16/h4-7,14H,3,8-11H2,1-2H3. The van der Waals surface area contributed by atoms with Crippen molar-refractivity contribution in [2.75, 3.05) is 24.3 Å². The fourth-order valence-corrected chi connectivity index (χ4v) is 3.64. The van der Waals surface area contributed by atoms with Gasteiger partial charge in [0.05, 0.1) is 10.6 Å². The van der Waals surface area contributed by atoms with E-state index in [2.05, 4.69) is 5.32 Å². The average molecular weight is 319 g/mol.